The molecule has 0 aromatic carbocycles. The Kier molecular flexibility index (Phi) is 2.85. The first-order valence-corrected chi connectivity index (χ1v) is 4.04. The number of carbonyl (C=O) groups is 1. The zero-order valence-corrected chi connectivity index (χ0v) is 6.42. The van der Waals surface area contributed by atoms with Crippen LogP contribution in [0.3, 0.4) is 0 Å². The number of carboxylic acid groups (broad SMARTS) is 1. The first-order chi connectivity index (χ1) is 5.25. The molecule has 1 rings (SSSR count). The minimum Gasteiger partial charge on any atom is -0.481 e. The molecular weight excluding hydrogens is 147 g/mol. The first-order valence-electron chi connectivity index (χ1n) is 4.04. The second kappa shape index (κ2) is 3.69. The molecule has 3 heteroatoms. The molecule has 11 heavy (non-hydrogen) atoms. The Morgan fingerprint density at radius 2 is 2.09 bits per heavy atom. The third kappa shape index (κ3) is 1.91. The van der Waals surface area contributed by atoms with Crippen molar-refractivity contribution in [2.45, 2.75) is 25.7 Å². The van der Waals surface area contributed by atoms with Crippen LogP contribution in [0.2, 0.25) is 0 Å². The molecular formula is C8H13FO2. The van der Waals surface area contributed by atoms with Crippen LogP contribution < -0.4 is 0 Å². The van der Waals surface area contributed by atoms with Gasteiger partial charge in [-0.2, -0.15) is 0 Å². The fraction of sp³-hybridized carbons (Fsp3) is 0.875. The van der Waals surface area contributed by atoms with Crippen LogP contribution in [-0.4, -0.2) is 17.8 Å². The molecule has 2 atom stereocenters. The Hall–Kier alpha value is -0.600. The van der Waals surface area contributed by atoms with Crippen molar-refractivity contribution in [3.63, 3.8) is 0 Å². The zero-order valence-electron chi connectivity index (χ0n) is 6.42. The van der Waals surface area contributed by atoms with Gasteiger partial charge in [0, 0.05) is 5.92 Å². The maximum Gasteiger partial charge on any atom is 0.306 e. The number of alkyl halides is 1. The standard InChI is InChI=1S/C8H13FO2/c9-5-6-3-1-2-4-7(6)8(10)11/h6-7H,1-5H2,(H,10,11)/t6-,7-/m0/s1. The molecule has 64 valence electrons. The van der Waals surface area contributed by atoms with Crippen molar-refractivity contribution >= 4 is 5.97 Å². The van der Waals surface area contributed by atoms with Crippen LogP contribution >= 0.6 is 0 Å². The van der Waals surface area contributed by atoms with Crippen LogP contribution in [0, 0.1) is 11.8 Å². The second-order valence-corrected chi connectivity index (χ2v) is 3.14. The van der Waals surface area contributed by atoms with E-state index in [1.54, 1.807) is 0 Å². The van der Waals surface area contributed by atoms with Gasteiger partial charge in [-0.25, -0.2) is 0 Å². The SMILES string of the molecule is O=C(O)[C@H]1CCCC[C@H]1CF. The Balaban J connectivity index is 2.51. The molecule has 0 amide bonds. The summed E-state index contributed by atoms with van der Waals surface area (Å²) >= 11 is 0. The predicted octanol–water partition coefficient (Wildman–Crippen LogP) is 1.85. The summed E-state index contributed by atoms with van der Waals surface area (Å²) in [6.45, 7) is -0.475. The average molecular weight is 160 g/mol. The van der Waals surface area contributed by atoms with Crippen molar-refractivity contribution in [3.8, 4) is 0 Å². The van der Waals surface area contributed by atoms with Gasteiger partial charge in [0.05, 0.1) is 12.6 Å². The monoisotopic (exact) mass is 160 g/mol. The summed E-state index contributed by atoms with van der Waals surface area (Å²) in [5.41, 5.74) is 0. The molecule has 0 heterocycles. The van der Waals surface area contributed by atoms with E-state index in [9.17, 15) is 9.18 Å². The Morgan fingerprint density at radius 3 is 2.55 bits per heavy atom. The molecule has 1 aliphatic rings. The molecule has 0 spiro atoms. The Bertz CT molecular complexity index is 147. The molecule has 0 saturated heterocycles. The number of aliphatic carboxylic acids is 1. The summed E-state index contributed by atoms with van der Waals surface area (Å²) in [6, 6.07) is 0. The molecule has 1 N–H and O–H groups in total. The van der Waals surface area contributed by atoms with Crippen LogP contribution in [-0.2, 0) is 4.79 Å². The highest BCUT2D eigenvalue weighted by atomic mass is 19.1. The largest absolute Gasteiger partial charge is 0.481 e. The molecule has 1 saturated carbocycles. The van der Waals surface area contributed by atoms with E-state index in [4.69, 9.17) is 5.11 Å². The average Bonchev–Trinajstić information content (AvgIpc) is 2.04. The normalized spacial score (nSPS) is 31.7. The van der Waals surface area contributed by atoms with Crippen LogP contribution in [0.5, 0.6) is 0 Å². The molecule has 0 radical (unpaired) electrons. The second-order valence-electron chi connectivity index (χ2n) is 3.14. The lowest BCUT2D eigenvalue weighted by Gasteiger charge is -2.25. The lowest BCUT2D eigenvalue weighted by Crippen LogP contribution is -2.28. The summed E-state index contributed by atoms with van der Waals surface area (Å²) in [6.07, 6.45) is 3.32. The van der Waals surface area contributed by atoms with Crippen LogP contribution in [0.4, 0.5) is 4.39 Å². The van der Waals surface area contributed by atoms with Gasteiger partial charge in [0.25, 0.3) is 0 Å². The van der Waals surface area contributed by atoms with E-state index in [0.717, 1.165) is 19.3 Å². The Labute approximate surface area is 65.4 Å². The number of hydrogen-bond donors (Lipinski definition) is 1. The fourth-order valence-electron chi connectivity index (χ4n) is 1.72. The Morgan fingerprint density at radius 1 is 1.45 bits per heavy atom. The summed E-state index contributed by atoms with van der Waals surface area (Å²) in [4.78, 5) is 10.6. The molecule has 0 aromatic heterocycles. The van der Waals surface area contributed by atoms with Crippen LogP contribution in [0.25, 0.3) is 0 Å². The van der Waals surface area contributed by atoms with E-state index < -0.39 is 18.6 Å². The highest BCUT2D eigenvalue weighted by molar-refractivity contribution is 5.70. The van der Waals surface area contributed by atoms with E-state index in [-0.39, 0.29) is 5.92 Å². The summed E-state index contributed by atoms with van der Waals surface area (Å²) < 4.78 is 12.2. The van der Waals surface area contributed by atoms with Gasteiger partial charge in [-0.15, -0.1) is 0 Å². The molecule has 1 fully saturated rings. The molecule has 2 nitrogen and oxygen atoms in total. The highest BCUT2D eigenvalue weighted by Crippen LogP contribution is 2.30. The lowest BCUT2D eigenvalue weighted by molar-refractivity contribution is -0.145. The maximum atomic E-state index is 12.2. The number of rotatable bonds is 2. The topological polar surface area (TPSA) is 37.3 Å². The van der Waals surface area contributed by atoms with E-state index >= 15 is 0 Å². The van der Waals surface area contributed by atoms with E-state index in [1.165, 1.54) is 0 Å². The number of hydrogen-bond acceptors (Lipinski definition) is 1. The zero-order chi connectivity index (χ0) is 8.27. The van der Waals surface area contributed by atoms with E-state index in [0.29, 0.717) is 6.42 Å². The van der Waals surface area contributed by atoms with Crippen LogP contribution in [0.15, 0.2) is 0 Å². The summed E-state index contributed by atoms with van der Waals surface area (Å²) in [5, 5.41) is 8.67. The van der Waals surface area contributed by atoms with Gasteiger partial charge in [-0.1, -0.05) is 12.8 Å². The molecule has 0 unspecified atom stereocenters. The molecule has 1 aliphatic carbocycles. The smallest absolute Gasteiger partial charge is 0.306 e. The third-order valence-corrected chi connectivity index (χ3v) is 2.42. The van der Waals surface area contributed by atoms with Crippen molar-refractivity contribution < 1.29 is 14.3 Å². The maximum absolute atomic E-state index is 12.2. The quantitative estimate of drug-likeness (QED) is 0.669. The number of halogens is 1. The van der Waals surface area contributed by atoms with Gasteiger partial charge in [-0.3, -0.25) is 9.18 Å². The van der Waals surface area contributed by atoms with Crippen LogP contribution in [0.1, 0.15) is 25.7 Å². The first kappa shape index (κ1) is 8.50. The molecule has 0 aliphatic heterocycles. The van der Waals surface area contributed by atoms with Crippen molar-refractivity contribution in [1.82, 2.24) is 0 Å². The minimum absolute atomic E-state index is 0.221. The van der Waals surface area contributed by atoms with Gasteiger partial charge in [-0.05, 0) is 12.8 Å². The molecule has 0 aromatic rings. The van der Waals surface area contributed by atoms with Gasteiger partial charge >= 0.3 is 5.97 Å². The summed E-state index contributed by atoms with van der Waals surface area (Å²) in [5.74, 6) is -1.47. The van der Waals surface area contributed by atoms with E-state index in [2.05, 4.69) is 0 Å². The van der Waals surface area contributed by atoms with E-state index in [1.807, 2.05) is 0 Å². The minimum atomic E-state index is -0.827. The summed E-state index contributed by atoms with van der Waals surface area (Å²) in [7, 11) is 0. The van der Waals surface area contributed by atoms with Crippen molar-refractivity contribution in [2.75, 3.05) is 6.67 Å². The third-order valence-electron chi connectivity index (χ3n) is 2.42. The van der Waals surface area contributed by atoms with Gasteiger partial charge in [0.2, 0.25) is 0 Å². The van der Waals surface area contributed by atoms with Crippen molar-refractivity contribution in [2.24, 2.45) is 11.8 Å². The lowest BCUT2D eigenvalue weighted by atomic mass is 9.80. The van der Waals surface area contributed by atoms with Gasteiger partial charge in [0.15, 0.2) is 0 Å². The molecule has 0 bridgehead atoms. The van der Waals surface area contributed by atoms with Crippen molar-refractivity contribution in [1.29, 1.82) is 0 Å². The fourth-order valence-corrected chi connectivity index (χ4v) is 1.72. The van der Waals surface area contributed by atoms with Gasteiger partial charge < -0.3 is 5.11 Å². The van der Waals surface area contributed by atoms with Crippen molar-refractivity contribution in [3.05, 3.63) is 0 Å². The highest BCUT2D eigenvalue weighted by Gasteiger charge is 2.30. The number of carboxylic acids is 1. The van der Waals surface area contributed by atoms with Gasteiger partial charge in [0.1, 0.15) is 0 Å². The predicted molar refractivity (Wildman–Crippen MR) is 39.1 cm³/mol.